The number of nitrogens with one attached hydrogen (secondary N) is 2. The van der Waals surface area contributed by atoms with E-state index in [0.29, 0.717) is 18.0 Å². The van der Waals surface area contributed by atoms with E-state index in [1.807, 2.05) is 41.1 Å². The van der Waals surface area contributed by atoms with Crippen LogP contribution in [0.15, 0.2) is 42.6 Å². The van der Waals surface area contributed by atoms with Gasteiger partial charge < -0.3 is 10.6 Å². The van der Waals surface area contributed by atoms with E-state index < -0.39 is 0 Å². The highest BCUT2D eigenvalue weighted by Crippen LogP contribution is 2.26. The summed E-state index contributed by atoms with van der Waals surface area (Å²) in [6, 6.07) is 12.0. The molecule has 1 aromatic carbocycles. The van der Waals surface area contributed by atoms with Crippen molar-refractivity contribution in [2.75, 3.05) is 19.6 Å². The number of benzene rings is 1. The molecule has 0 saturated carbocycles. The van der Waals surface area contributed by atoms with E-state index in [1.54, 1.807) is 6.20 Å². The number of pyridine rings is 1. The third-order valence-corrected chi connectivity index (χ3v) is 5.37. The van der Waals surface area contributed by atoms with Crippen molar-refractivity contribution in [3.8, 4) is 11.3 Å². The van der Waals surface area contributed by atoms with Gasteiger partial charge in [0, 0.05) is 18.2 Å². The molecular weight excluding hydrogens is 350 g/mol. The predicted molar refractivity (Wildman–Crippen MR) is 111 cm³/mol. The molecule has 0 bridgehead atoms. The Morgan fingerprint density at radius 3 is 2.86 bits per heavy atom. The fraction of sp³-hybridized carbons (Fsp3) is 0.409. The van der Waals surface area contributed by atoms with E-state index in [-0.39, 0.29) is 11.9 Å². The number of hydrogen-bond acceptors (Lipinski definition) is 4. The molecule has 1 atom stereocenters. The molecule has 1 unspecified atom stereocenters. The molecule has 2 aromatic heterocycles. The van der Waals surface area contributed by atoms with Gasteiger partial charge in [0.2, 0.25) is 0 Å². The summed E-state index contributed by atoms with van der Waals surface area (Å²) < 4.78 is 1.88. The van der Waals surface area contributed by atoms with Crippen molar-refractivity contribution in [3.05, 3.63) is 48.2 Å². The lowest BCUT2D eigenvalue weighted by molar-refractivity contribution is 0.0953. The minimum absolute atomic E-state index is 0.0566. The van der Waals surface area contributed by atoms with Crippen LogP contribution in [-0.4, -0.2) is 40.3 Å². The second-order valence-corrected chi connectivity index (χ2v) is 7.74. The third kappa shape index (κ3) is 3.78. The van der Waals surface area contributed by atoms with Gasteiger partial charge >= 0.3 is 0 Å². The van der Waals surface area contributed by atoms with Gasteiger partial charge in [0.25, 0.3) is 5.91 Å². The van der Waals surface area contributed by atoms with Crippen molar-refractivity contribution in [2.45, 2.75) is 32.7 Å². The summed E-state index contributed by atoms with van der Waals surface area (Å²) in [5.41, 5.74) is 3.18. The average Bonchev–Trinajstić information content (AvgIpc) is 3.37. The maximum atomic E-state index is 13.0. The van der Waals surface area contributed by atoms with Crippen LogP contribution in [0.25, 0.3) is 22.3 Å². The lowest BCUT2D eigenvalue weighted by Gasteiger charge is -2.12. The molecule has 3 aromatic rings. The Bertz CT molecular complexity index is 958. The van der Waals surface area contributed by atoms with Gasteiger partial charge in [-0.15, -0.1) is 0 Å². The molecule has 1 aliphatic rings. The third-order valence-electron chi connectivity index (χ3n) is 5.37. The summed E-state index contributed by atoms with van der Waals surface area (Å²) in [4.78, 5) is 17.8. The minimum atomic E-state index is -0.0566. The van der Waals surface area contributed by atoms with Crippen molar-refractivity contribution in [3.63, 3.8) is 0 Å². The molecule has 6 heteroatoms. The maximum absolute atomic E-state index is 13.0. The number of aromatic nitrogens is 3. The molecule has 3 heterocycles. The number of amides is 1. The lowest BCUT2D eigenvalue weighted by atomic mass is 10.0. The Morgan fingerprint density at radius 2 is 2.14 bits per heavy atom. The van der Waals surface area contributed by atoms with E-state index in [4.69, 9.17) is 4.98 Å². The summed E-state index contributed by atoms with van der Waals surface area (Å²) in [5, 5.41) is 11.8. The number of rotatable bonds is 6. The second-order valence-electron chi connectivity index (χ2n) is 7.74. The first-order valence-corrected chi connectivity index (χ1v) is 10.1. The number of hydrogen-bond donors (Lipinski definition) is 2. The van der Waals surface area contributed by atoms with Gasteiger partial charge in [-0.1, -0.05) is 30.3 Å². The highest BCUT2D eigenvalue weighted by Gasteiger charge is 2.19. The molecule has 146 valence electrons. The zero-order valence-electron chi connectivity index (χ0n) is 16.5. The normalized spacial score (nSPS) is 16.8. The summed E-state index contributed by atoms with van der Waals surface area (Å²) in [6.07, 6.45) is 3.95. The molecule has 28 heavy (non-hydrogen) atoms. The molecule has 6 nitrogen and oxygen atoms in total. The van der Waals surface area contributed by atoms with Crippen LogP contribution in [0.5, 0.6) is 0 Å². The van der Waals surface area contributed by atoms with E-state index in [2.05, 4.69) is 29.6 Å². The van der Waals surface area contributed by atoms with Gasteiger partial charge in [0.1, 0.15) is 0 Å². The smallest absolute Gasteiger partial charge is 0.252 e. The number of carbonyl (C=O) groups excluding carboxylic acids is 1. The molecule has 1 aliphatic heterocycles. The molecule has 4 rings (SSSR count). The maximum Gasteiger partial charge on any atom is 0.252 e. The van der Waals surface area contributed by atoms with Crippen molar-refractivity contribution >= 4 is 16.9 Å². The van der Waals surface area contributed by atoms with Crippen molar-refractivity contribution in [2.24, 2.45) is 5.92 Å². The van der Waals surface area contributed by atoms with E-state index >= 15 is 0 Å². The topological polar surface area (TPSA) is 71.8 Å². The van der Waals surface area contributed by atoms with Crippen LogP contribution in [0.3, 0.4) is 0 Å². The highest BCUT2D eigenvalue weighted by molar-refractivity contribution is 6.06. The Kier molecular flexibility index (Phi) is 5.39. The van der Waals surface area contributed by atoms with Gasteiger partial charge in [0.15, 0.2) is 5.65 Å². The highest BCUT2D eigenvalue weighted by atomic mass is 16.1. The lowest BCUT2D eigenvalue weighted by Crippen LogP contribution is -2.26. The van der Waals surface area contributed by atoms with Gasteiger partial charge in [-0.05, 0) is 51.8 Å². The predicted octanol–water partition coefficient (Wildman–Crippen LogP) is 3.41. The van der Waals surface area contributed by atoms with Crippen LogP contribution in [-0.2, 0) is 0 Å². The average molecular weight is 377 g/mol. The van der Waals surface area contributed by atoms with Gasteiger partial charge in [-0.25, -0.2) is 9.67 Å². The Labute approximate surface area is 165 Å². The van der Waals surface area contributed by atoms with Crippen LogP contribution in [0.2, 0.25) is 0 Å². The van der Waals surface area contributed by atoms with Crippen molar-refractivity contribution in [1.82, 2.24) is 25.4 Å². The fourth-order valence-electron chi connectivity index (χ4n) is 3.79. The molecular formula is C22H27N5O. The Morgan fingerprint density at radius 1 is 1.32 bits per heavy atom. The zero-order chi connectivity index (χ0) is 19.5. The van der Waals surface area contributed by atoms with E-state index in [1.165, 1.54) is 6.42 Å². The quantitative estimate of drug-likeness (QED) is 0.691. The van der Waals surface area contributed by atoms with Crippen LogP contribution in [0.1, 0.15) is 43.1 Å². The van der Waals surface area contributed by atoms with Gasteiger partial charge in [-0.3, -0.25) is 4.79 Å². The number of carbonyl (C=O) groups is 1. The summed E-state index contributed by atoms with van der Waals surface area (Å²) >= 11 is 0. The molecule has 0 spiro atoms. The molecule has 0 aliphatic carbocycles. The number of fused-ring (bicyclic) bond motifs is 1. The van der Waals surface area contributed by atoms with Crippen molar-refractivity contribution in [1.29, 1.82) is 0 Å². The minimum Gasteiger partial charge on any atom is -0.352 e. The molecule has 0 radical (unpaired) electrons. The first-order chi connectivity index (χ1) is 13.6. The van der Waals surface area contributed by atoms with Crippen LogP contribution < -0.4 is 10.6 Å². The van der Waals surface area contributed by atoms with Gasteiger partial charge in [0.05, 0.1) is 22.8 Å². The summed E-state index contributed by atoms with van der Waals surface area (Å²) in [7, 11) is 0. The van der Waals surface area contributed by atoms with E-state index in [0.717, 1.165) is 41.8 Å². The van der Waals surface area contributed by atoms with E-state index in [9.17, 15) is 4.79 Å². The largest absolute Gasteiger partial charge is 0.352 e. The zero-order valence-corrected chi connectivity index (χ0v) is 16.5. The summed E-state index contributed by atoms with van der Waals surface area (Å²) in [5.74, 6) is 0.597. The molecule has 1 amide bonds. The molecule has 1 fully saturated rings. The van der Waals surface area contributed by atoms with Gasteiger partial charge in [-0.2, -0.15) is 5.10 Å². The second kappa shape index (κ2) is 8.10. The van der Waals surface area contributed by atoms with Crippen molar-refractivity contribution < 1.29 is 4.79 Å². The molecule has 1 saturated heterocycles. The SMILES string of the molecule is CC(C)n1ncc2c(C(=O)NCCC3CCNC3)cc(-c3ccccc3)nc21. The Hall–Kier alpha value is -2.73. The monoisotopic (exact) mass is 377 g/mol. The summed E-state index contributed by atoms with van der Waals surface area (Å²) in [6.45, 7) is 6.96. The fourth-order valence-corrected chi connectivity index (χ4v) is 3.79. The standard InChI is InChI=1S/C22H27N5O/c1-15(2)27-21-19(14-25-27)18(12-20(26-21)17-6-4-3-5-7-17)22(28)24-11-9-16-8-10-23-13-16/h3-7,12,14-16,23H,8-11,13H2,1-2H3,(H,24,28). The van der Waals surface area contributed by atoms with Crippen LogP contribution >= 0.6 is 0 Å². The first kappa shape index (κ1) is 18.6. The van der Waals surface area contributed by atoms with Crippen LogP contribution in [0, 0.1) is 5.92 Å². The van der Waals surface area contributed by atoms with Crippen LogP contribution in [0.4, 0.5) is 0 Å². The first-order valence-electron chi connectivity index (χ1n) is 10.1. The molecule has 2 N–H and O–H groups in total. The Balaban J connectivity index is 1.66. The number of nitrogens with zero attached hydrogens (tertiary/aromatic N) is 3.